The van der Waals surface area contributed by atoms with Crippen LogP contribution in [0.25, 0.3) is 5.57 Å². The number of aromatic nitrogens is 2. The van der Waals surface area contributed by atoms with Gasteiger partial charge in [0.2, 0.25) is 0 Å². The minimum atomic E-state index is -0.133. The maximum atomic E-state index is 12.5. The monoisotopic (exact) mass is 614 g/mol. The van der Waals surface area contributed by atoms with E-state index in [1.54, 1.807) is 24.3 Å². The van der Waals surface area contributed by atoms with Crippen molar-refractivity contribution >= 4 is 11.9 Å². The summed E-state index contributed by atoms with van der Waals surface area (Å²) < 4.78 is 14.4. The van der Waals surface area contributed by atoms with Gasteiger partial charge in [-0.1, -0.05) is 105 Å². The largest absolute Gasteiger partial charge is 0.330 e. The van der Waals surface area contributed by atoms with Crippen LogP contribution in [0, 0.1) is 11.2 Å². The maximum Gasteiger partial charge on any atom is 0.150 e. The maximum absolute atomic E-state index is 12.5. The van der Waals surface area contributed by atoms with Gasteiger partial charge >= 0.3 is 0 Å². The Bertz CT molecular complexity index is 1030. The molecular formula is C39H68FN3O. The van der Waals surface area contributed by atoms with E-state index in [0.29, 0.717) is 11.0 Å². The molecule has 0 atom stereocenters. The topological polar surface area (TPSA) is 63.8 Å². The number of hydrogen-bond donors (Lipinski definition) is 2. The number of H-pyrrole nitrogens is 1. The van der Waals surface area contributed by atoms with Crippen LogP contribution < -0.4 is 5.73 Å². The second-order valence-corrected chi connectivity index (χ2v) is 11.7. The number of aldehydes is 1. The zero-order chi connectivity index (χ0) is 35.1. The summed E-state index contributed by atoms with van der Waals surface area (Å²) >= 11 is 0. The molecule has 0 aliphatic carbocycles. The van der Waals surface area contributed by atoms with Crippen molar-refractivity contribution in [3.05, 3.63) is 102 Å². The molecule has 2 aromatic rings. The lowest BCUT2D eigenvalue weighted by Gasteiger charge is -2.13. The first-order valence-corrected chi connectivity index (χ1v) is 16.0. The van der Waals surface area contributed by atoms with Gasteiger partial charge in [-0.3, -0.25) is 14.6 Å². The van der Waals surface area contributed by atoms with E-state index in [1.807, 2.05) is 64.7 Å². The van der Waals surface area contributed by atoms with Crippen LogP contribution >= 0.6 is 0 Å². The van der Waals surface area contributed by atoms with Gasteiger partial charge < -0.3 is 5.73 Å². The number of halogens is 1. The number of aromatic amines is 1. The summed E-state index contributed by atoms with van der Waals surface area (Å²) in [6, 6.07) is 6.76. The van der Waals surface area contributed by atoms with Crippen LogP contribution in [0.5, 0.6) is 0 Å². The van der Waals surface area contributed by atoms with Crippen LogP contribution in [0.4, 0.5) is 4.39 Å². The Morgan fingerprint density at radius 3 is 1.98 bits per heavy atom. The molecule has 0 bridgehead atoms. The fourth-order valence-electron chi connectivity index (χ4n) is 2.95. The van der Waals surface area contributed by atoms with Crippen molar-refractivity contribution < 1.29 is 9.18 Å². The Morgan fingerprint density at radius 2 is 1.61 bits per heavy atom. The van der Waals surface area contributed by atoms with Crippen LogP contribution in [0.15, 0.2) is 85.1 Å². The number of hydrogen-bond acceptors (Lipinski definition) is 2. The number of rotatable bonds is 11. The van der Waals surface area contributed by atoms with Crippen LogP contribution in [0.1, 0.15) is 120 Å². The number of benzene rings is 1. The normalized spacial score (nSPS) is 10.6. The molecular weight excluding hydrogens is 545 g/mol. The van der Waals surface area contributed by atoms with Gasteiger partial charge in [0.25, 0.3) is 0 Å². The molecule has 252 valence electrons. The molecule has 1 aromatic heterocycles. The minimum absolute atomic E-state index is 0.133. The van der Waals surface area contributed by atoms with Crippen LogP contribution in [-0.2, 0) is 18.3 Å². The first-order valence-electron chi connectivity index (χ1n) is 16.0. The van der Waals surface area contributed by atoms with E-state index in [9.17, 15) is 9.18 Å². The van der Waals surface area contributed by atoms with Crippen LogP contribution in [-0.4, -0.2) is 22.6 Å². The number of nitrogens with one attached hydrogen (secondary N) is 1. The van der Waals surface area contributed by atoms with Gasteiger partial charge in [0.1, 0.15) is 12.1 Å². The highest BCUT2D eigenvalue weighted by molar-refractivity contribution is 5.79. The molecule has 0 saturated heterocycles. The van der Waals surface area contributed by atoms with Gasteiger partial charge in [-0.05, 0) is 99.8 Å². The lowest BCUT2D eigenvalue weighted by atomic mass is 10.0. The molecule has 1 aromatic carbocycles. The van der Waals surface area contributed by atoms with Gasteiger partial charge in [0, 0.05) is 18.8 Å². The molecule has 0 spiro atoms. The zero-order valence-electron chi connectivity index (χ0n) is 30.6. The molecule has 4 nitrogen and oxygen atoms in total. The molecule has 0 unspecified atom stereocenters. The minimum Gasteiger partial charge on any atom is -0.330 e. The Balaban J connectivity index is -0.000000243. The number of aryl methyl sites for hydroxylation is 2. The third kappa shape index (κ3) is 33.3. The van der Waals surface area contributed by atoms with Crippen molar-refractivity contribution in [1.29, 1.82) is 0 Å². The summed E-state index contributed by atoms with van der Waals surface area (Å²) in [5, 5.41) is 3.13. The number of allylic oxidation sites excluding steroid dienone is 7. The Morgan fingerprint density at radius 1 is 1.09 bits per heavy atom. The Hall–Kier alpha value is -3.18. The fraction of sp³-hybridized carbons (Fsp3) is 0.513. The highest BCUT2D eigenvalue weighted by Gasteiger charge is 2.03. The van der Waals surface area contributed by atoms with Gasteiger partial charge in [-0.2, -0.15) is 0 Å². The Kier molecular flexibility index (Phi) is 33.9. The highest BCUT2D eigenvalue weighted by Crippen LogP contribution is 2.18. The molecule has 0 radical (unpaired) electrons. The number of unbranched alkanes of at least 4 members (excludes halogenated alkanes) is 1. The van der Waals surface area contributed by atoms with Crippen molar-refractivity contribution in [2.75, 3.05) is 6.54 Å². The summed E-state index contributed by atoms with van der Waals surface area (Å²) in [4.78, 5) is 10.6. The summed E-state index contributed by atoms with van der Waals surface area (Å²) in [5.74, 6) is -0.133. The molecule has 0 fully saturated rings. The van der Waals surface area contributed by atoms with E-state index in [4.69, 9.17) is 5.73 Å². The summed E-state index contributed by atoms with van der Waals surface area (Å²) in [5.41, 5.74) is 12.1. The summed E-state index contributed by atoms with van der Waals surface area (Å²) in [6.07, 6.45) is 14.6. The smallest absolute Gasteiger partial charge is 0.150 e. The fourth-order valence-corrected chi connectivity index (χ4v) is 2.95. The third-order valence-corrected chi connectivity index (χ3v) is 5.28. The first-order chi connectivity index (χ1) is 20.6. The number of carbonyl (C=O) groups is 1. The molecule has 2 rings (SSSR count). The molecule has 0 saturated carbocycles. The highest BCUT2D eigenvalue weighted by atomic mass is 19.1. The lowest BCUT2D eigenvalue weighted by Crippen LogP contribution is -2.07. The second-order valence-electron chi connectivity index (χ2n) is 11.7. The van der Waals surface area contributed by atoms with Gasteiger partial charge in [-0.25, -0.2) is 4.39 Å². The average molecular weight is 614 g/mol. The zero-order valence-corrected chi connectivity index (χ0v) is 30.6. The van der Waals surface area contributed by atoms with Gasteiger partial charge in [0.15, 0.2) is 0 Å². The average Bonchev–Trinajstić information content (AvgIpc) is 2.95. The molecule has 5 heteroatoms. The first kappa shape index (κ1) is 47.7. The van der Waals surface area contributed by atoms with E-state index in [1.165, 1.54) is 18.1 Å². The predicted octanol–water partition coefficient (Wildman–Crippen LogP) is 11.6. The quantitative estimate of drug-likeness (QED) is 0.0870. The van der Waals surface area contributed by atoms with Crippen LogP contribution in [0.2, 0.25) is 0 Å². The molecule has 3 N–H and O–H groups in total. The number of carbonyl (C=O) groups excluding carboxylic acids is 1. The molecule has 0 aliphatic heterocycles. The van der Waals surface area contributed by atoms with Crippen molar-refractivity contribution in [3.63, 3.8) is 0 Å². The Labute approximate surface area is 272 Å². The summed E-state index contributed by atoms with van der Waals surface area (Å²) in [6.45, 7) is 34.5. The third-order valence-electron chi connectivity index (χ3n) is 5.28. The van der Waals surface area contributed by atoms with Crippen LogP contribution in [0.3, 0.4) is 0 Å². The second kappa shape index (κ2) is 31.3. The van der Waals surface area contributed by atoms with E-state index in [-0.39, 0.29) is 5.82 Å². The molecule has 0 amide bonds. The van der Waals surface area contributed by atoms with Crippen molar-refractivity contribution in [2.45, 2.75) is 115 Å². The molecule has 0 aliphatic rings. The number of nitrogens with zero attached hydrogens (tertiary/aromatic N) is 1. The lowest BCUT2D eigenvalue weighted by molar-refractivity contribution is -0.104. The van der Waals surface area contributed by atoms with Crippen molar-refractivity contribution in [2.24, 2.45) is 18.2 Å². The standard InChI is InChI=1S/C12H16N2O.C9H11F.C8H17N.C5H12.C3H6.C2H6/c1-5-11(8-15)6-9(2)10(3)12-7-14(4)13-12;1-2-4-8-5-3-6-9(10)7-8;1-3-8(2)6-4-5-7-9;1-5(2,3)4;1-3-2;1-2/h5-8,13H,1H2,2-4H3;3,5-7H,2,4H2,1H3;2-7,9H2,1H3;1-4H3;3H,1H2,2H3;1-2H3/b10-9+,11-6+;;;;;. The van der Waals surface area contributed by atoms with Gasteiger partial charge in [-0.15, -0.1) is 6.58 Å². The van der Waals surface area contributed by atoms with Crippen molar-refractivity contribution in [1.82, 2.24) is 9.78 Å². The molecule has 44 heavy (non-hydrogen) atoms. The molecule has 1 heterocycles. The van der Waals surface area contributed by atoms with E-state index >= 15 is 0 Å². The summed E-state index contributed by atoms with van der Waals surface area (Å²) in [7, 11) is 1.93. The van der Waals surface area contributed by atoms with Gasteiger partial charge in [0.05, 0.1) is 5.69 Å². The SMILES string of the molecule is C=C(CC)CCCCN.C=C/C(C=O)=C\C(C)=C(/C)c1cn(C)[nH]1.C=CC.CC.CC(C)(C)C.CCCc1cccc(F)c1. The van der Waals surface area contributed by atoms with Crippen molar-refractivity contribution in [3.8, 4) is 0 Å². The van der Waals surface area contributed by atoms with E-state index in [0.717, 1.165) is 67.3 Å². The number of nitrogens with two attached hydrogens (primary N) is 1. The van der Waals surface area contributed by atoms with E-state index < -0.39 is 0 Å². The predicted molar refractivity (Wildman–Crippen MR) is 197 cm³/mol. The van der Waals surface area contributed by atoms with E-state index in [2.05, 4.69) is 66.4 Å².